The minimum atomic E-state index is -0.576. The first kappa shape index (κ1) is 61.1. The fourth-order valence-electron chi connectivity index (χ4n) is 7.36. The van der Waals surface area contributed by atoms with Gasteiger partial charge in [-0.15, -0.1) is 0 Å². The summed E-state index contributed by atoms with van der Waals surface area (Å²) >= 11 is 0. The summed E-state index contributed by atoms with van der Waals surface area (Å²) in [5.41, 5.74) is 0. The van der Waals surface area contributed by atoms with Crippen molar-refractivity contribution in [2.75, 3.05) is 19.8 Å². The lowest BCUT2D eigenvalue weighted by molar-refractivity contribution is -0.163. The van der Waals surface area contributed by atoms with Crippen molar-refractivity contribution >= 4 is 11.9 Å². The van der Waals surface area contributed by atoms with Crippen LogP contribution in [0.5, 0.6) is 0 Å². The molecule has 0 N–H and O–H groups in total. The van der Waals surface area contributed by atoms with Gasteiger partial charge in [-0.25, -0.2) is 0 Å². The van der Waals surface area contributed by atoms with Crippen LogP contribution < -0.4 is 0 Å². The number of unbranched alkanes of at least 4 members (excludes halogenated alkanes) is 24. The van der Waals surface area contributed by atoms with E-state index in [-0.39, 0.29) is 25.2 Å². The van der Waals surface area contributed by atoms with Gasteiger partial charge < -0.3 is 14.2 Å². The zero-order chi connectivity index (χ0) is 46.3. The Hall–Kier alpha value is -2.92. The lowest BCUT2D eigenvalue weighted by Gasteiger charge is -2.18. The number of carbonyl (C=O) groups excluding carboxylic acids is 2. The van der Waals surface area contributed by atoms with Crippen LogP contribution in [0.15, 0.2) is 85.1 Å². The van der Waals surface area contributed by atoms with Gasteiger partial charge in [-0.2, -0.15) is 0 Å². The van der Waals surface area contributed by atoms with Crippen molar-refractivity contribution in [2.24, 2.45) is 0 Å². The molecule has 0 aromatic rings. The van der Waals surface area contributed by atoms with Crippen LogP contribution in [-0.2, 0) is 23.8 Å². The van der Waals surface area contributed by atoms with E-state index in [4.69, 9.17) is 14.2 Å². The van der Waals surface area contributed by atoms with Crippen LogP contribution in [0.1, 0.15) is 252 Å². The molecule has 0 spiro atoms. The Kier molecular flexibility index (Phi) is 51.9. The molecule has 0 amide bonds. The Morgan fingerprint density at radius 1 is 0.359 bits per heavy atom. The van der Waals surface area contributed by atoms with E-state index in [0.29, 0.717) is 19.4 Å². The summed E-state index contributed by atoms with van der Waals surface area (Å²) in [5.74, 6) is -0.444. The average molecular weight is 891 g/mol. The standard InChI is InChI=1S/C59H102O5/c1-4-7-10-13-16-19-22-25-28-29-30-31-33-34-37-40-43-46-49-52-58(60)63-56-57(55-62-54-51-48-45-42-39-36-27-24-21-18-15-12-9-6-3)64-59(61)53-50-47-44-41-38-35-32-26-23-20-17-14-11-8-5-2/h9,12,17-18,20-21,25-28,32,36,42,45,57H,4-8,10-11,13-16,19,22-24,29-31,33-35,37-41,43-44,46-56H2,1-3H3/b12-9-,20-17-,21-18-,28-25-,32-26-,36-27-,45-42-. The molecule has 5 nitrogen and oxygen atoms in total. The molecular weight excluding hydrogens is 789 g/mol. The Labute approximate surface area is 397 Å². The van der Waals surface area contributed by atoms with Gasteiger partial charge in [0, 0.05) is 19.4 Å². The summed E-state index contributed by atoms with van der Waals surface area (Å²) in [6.07, 6.45) is 71.8. The van der Waals surface area contributed by atoms with E-state index in [9.17, 15) is 9.59 Å². The zero-order valence-corrected chi connectivity index (χ0v) is 42.3. The highest BCUT2D eigenvalue weighted by Crippen LogP contribution is 2.14. The molecule has 0 saturated heterocycles. The smallest absolute Gasteiger partial charge is 0.306 e. The van der Waals surface area contributed by atoms with E-state index >= 15 is 0 Å². The maximum absolute atomic E-state index is 12.8. The number of hydrogen-bond acceptors (Lipinski definition) is 5. The molecule has 0 rings (SSSR count). The predicted octanol–water partition coefficient (Wildman–Crippen LogP) is 18.5. The first-order valence-electron chi connectivity index (χ1n) is 27.1. The van der Waals surface area contributed by atoms with Gasteiger partial charge in [-0.1, -0.05) is 215 Å². The molecule has 0 bridgehead atoms. The molecule has 0 saturated carbocycles. The van der Waals surface area contributed by atoms with Crippen molar-refractivity contribution in [1.29, 1.82) is 0 Å². The normalized spacial score (nSPS) is 12.9. The van der Waals surface area contributed by atoms with E-state index in [0.717, 1.165) is 89.9 Å². The van der Waals surface area contributed by atoms with Crippen molar-refractivity contribution in [3.63, 3.8) is 0 Å². The van der Waals surface area contributed by atoms with Gasteiger partial charge in [0.25, 0.3) is 0 Å². The van der Waals surface area contributed by atoms with Crippen LogP contribution in [0.3, 0.4) is 0 Å². The highest BCUT2D eigenvalue weighted by molar-refractivity contribution is 5.70. The second kappa shape index (κ2) is 54.4. The van der Waals surface area contributed by atoms with Crippen molar-refractivity contribution in [3.05, 3.63) is 85.1 Å². The Balaban J connectivity index is 4.33. The summed E-state index contributed by atoms with van der Waals surface area (Å²) < 4.78 is 17.3. The molecule has 368 valence electrons. The summed E-state index contributed by atoms with van der Waals surface area (Å²) in [6, 6.07) is 0. The summed E-state index contributed by atoms with van der Waals surface area (Å²) in [6.45, 7) is 7.54. The fourth-order valence-corrected chi connectivity index (χ4v) is 7.36. The first-order chi connectivity index (χ1) is 31.6. The van der Waals surface area contributed by atoms with E-state index in [1.807, 2.05) is 0 Å². The van der Waals surface area contributed by atoms with Gasteiger partial charge in [0.1, 0.15) is 6.61 Å². The van der Waals surface area contributed by atoms with E-state index in [1.54, 1.807) is 0 Å². The van der Waals surface area contributed by atoms with Crippen molar-refractivity contribution in [2.45, 2.75) is 258 Å². The number of allylic oxidation sites excluding steroid dienone is 14. The topological polar surface area (TPSA) is 61.8 Å². The Bertz CT molecular complexity index is 1190. The quantitative estimate of drug-likeness (QED) is 0.0346. The maximum atomic E-state index is 12.8. The van der Waals surface area contributed by atoms with Crippen molar-refractivity contribution < 1.29 is 23.8 Å². The van der Waals surface area contributed by atoms with Gasteiger partial charge in [0.05, 0.1) is 6.61 Å². The van der Waals surface area contributed by atoms with Gasteiger partial charge in [-0.05, 0) is 109 Å². The monoisotopic (exact) mass is 891 g/mol. The van der Waals surface area contributed by atoms with Crippen LogP contribution in [0.2, 0.25) is 0 Å². The molecule has 0 aliphatic carbocycles. The SMILES string of the molecule is CC/C=C\C/C=C\C/C=C\C/C=C\CCCOCC(COC(=O)CCCCCCCCCCC/C=C\CCCCCCCC)OC(=O)CCCCCCC/C=C\C/C=C\CCCCC. The third kappa shape index (κ3) is 51.7. The number of ether oxygens (including phenoxy) is 3. The highest BCUT2D eigenvalue weighted by Gasteiger charge is 2.17. The third-order valence-electron chi connectivity index (χ3n) is 11.4. The largest absolute Gasteiger partial charge is 0.462 e. The summed E-state index contributed by atoms with van der Waals surface area (Å²) in [5, 5.41) is 0. The lowest BCUT2D eigenvalue weighted by Crippen LogP contribution is -2.30. The zero-order valence-electron chi connectivity index (χ0n) is 42.3. The molecular formula is C59H102O5. The molecule has 1 unspecified atom stereocenters. The predicted molar refractivity (Wildman–Crippen MR) is 279 cm³/mol. The van der Waals surface area contributed by atoms with Gasteiger partial charge in [0.15, 0.2) is 6.10 Å². The number of carbonyl (C=O) groups is 2. The van der Waals surface area contributed by atoms with E-state index < -0.39 is 6.10 Å². The average Bonchev–Trinajstić information content (AvgIpc) is 3.30. The number of rotatable bonds is 49. The fraction of sp³-hybridized carbons (Fsp3) is 0.729. The summed E-state index contributed by atoms with van der Waals surface area (Å²) in [7, 11) is 0. The second-order valence-electron chi connectivity index (χ2n) is 17.7. The third-order valence-corrected chi connectivity index (χ3v) is 11.4. The van der Waals surface area contributed by atoms with Crippen molar-refractivity contribution in [3.8, 4) is 0 Å². The van der Waals surface area contributed by atoms with Crippen LogP contribution in [-0.4, -0.2) is 37.9 Å². The molecule has 1 atom stereocenters. The molecule has 0 heterocycles. The van der Waals surface area contributed by atoms with E-state index in [2.05, 4.69) is 106 Å². The number of hydrogen-bond donors (Lipinski definition) is 0. The van der Waals surface area contributed by atoms with Gasteiger partial charge in [0.2, 0.25) is 0 Å². The first-order valence-corrected chi connectivity index (χ1v) is 27.1. The van der Waals surface area contributed by atoms with Crippen LogP contribution in [0, 0.1) is 0 Å². The Morgan fingerprint density at radius 2 is 0.703 bits per heavy atom. The van der Waals surface area contributed by atoms with E-state index in [1.165, 1.54) is 128 Å². The van der Waals surface area contributed by atoms with Gasteiger partial charge >= 0.3 is 11.9 Å². The lowest BCUT2D eigenvalue weighted by atomic mass is 10.1. The maximum Gasteiger partial charge on any atom is 0.306 e. The van der Waals surface area contributed by atoms with Crippen LogP contribution >= 0.6 is 0 Å². The molecule has 0 radical (unpaired) electrons. The molecule has 0 aromatic carbocycles. The summed E-state index contributed by atoms with van der Waals surface area (Å²) in [4.78, 5) is 25.4. The molecule has 0 aromatic heterocycles. The molecule has 0 aliphatic rings. The highest BCUT2D eigenvalue weighted by atomic mass is 16.6. The Morgan fingerprint density at radius 3 is 1.17 bits per heavy atom. The minimum absolute atomic E-state index is 0.0541. The van der Waals surface area contributed by atoms with Crippen LogP contribution in [0.25, 0.3) is 0 Å². The van der Waals surface area contributed by atoms with Crippen LogP contribution in [0.4, 0.5) is 0 Å². The second-order valence-corrected chi connectivity index (χ2v) is 17.7. The molecule has 0 fully saturated rings. The molecule has 5 heteroatoms. The van der Waals surface area contributed by atoms with Gasteiger partial charge in [-0.3, -0.25) is 9.59 Å². The minimum Gasteiger partial charge on any atom is -0.462 e. The molecule has 64 heavy (non-hydrogen) atoms. The van der Waals surface area contributed by atoms with Crippen molar-refractivity contribution in [1.82, 2.24) is 0 Å². The number of esters is 2. The molecule has 0 aliphatic heterocycles.